The first kappa shape index (κ1) is 12.9. The molecule has 0 aromatic heterocycles. The first-order valence-corrected chi connectivity index (χ1v) is 6.08. The van der Waals surface area contributed by atoms with E-state index in [1.54, 1.807) is 0 Å². The van der Waals surface area contributed by atoms with Gasteiger partial charge in [-0.25, -0.2) is 0 Å². The summed E-state index contributed by atoms with van der Waals surface area (Å²) in [6.45, 7) is 10.8. The average Bonchev–Trinajstić information content (AvgIpc) is 2.54. The first-order chi connectivity index (χ1) is 7.03. The van der Waals surface area contributed by atoms with Gasteiger partial charge in [-0.2, -0.15) is 0 Å². The molecule has 90 valence electrons. The lowest BCUT2D eigenvalue weighted by atomic mass is 10.0. The minimum atomic E-state index is 0.197. The molecule has 15 heavy (non-hydrogen) atoms. The predicted octanol–water partition coefficient (Wildman–Crippen LogP) is 1.49. The second-order valence-electron chi connectivity index (χ2n) is 5.25. The summed E-state index contributed by atoms with van der Waals surface area (Å²) in [7, 11) is 2.18. The van der Waals surface area contributed by atoms with Crippen molar-refractivity contribution in [1.82, 2.24) is 10.2 Å². The van der Waals surface area contributed by atoms with E-state index in [1.165, 1.54) is 12.8 Å². The highest BCUT2D eigenvalue weighted by atomic mass is 16.5. The summed E-state index contributed by atoms with van der Waals surface area (Å²) in [6, 6.07) is 0. The van der Waals surface area contributed by atoms with Gasteiger partial charge in [0.15, 0.2) is 0 Å². The van der Waals surface area contributed by atoms with E-state index >= 15 is 0 Å². The van der Waals surface area contributed by atoms with Gasteiger partial charge in [0.2, 0.25) is 0 Å². The molecule has 1 unspecified atom stereocenters. The lowest BCUT2D eigenvalue weighted by Crippen LogP contribution is -2.49. The molecule has 1 saturated heterocycles. The summed E-state index contributed by atoms with van der Waals surface area (Å²) < 4.78 is 5.64. The molecule has 0 aromatic rings. The van der Waals surface area contributed by atoms with Gasteiger partial charge < -0.3 is 15.0 Å². The Balaban J connectivity index is 2.24. The van der Waals surface area contributed by atoms with Crippen LogP contribution in [0.3, 0.4) is 0 Å². The maximum absolute atomic E-state index is 5.64. The zero-order chi connectivity index (χ0) is 11.3. The van der Waals surface area contributed by atoms with E-state index in [4.69, 9.17) is 4.74 Å². The Hall–Kier alpha value is -0.120. The minimum absolute atomic E-state index is 0.197. The highest BCUT2D eigenvalue weighted by molar-refractivity contribution is 4.81. The monoisotopic (exact) mass is 214 g/mol. The molecule has 0 radical (unpaired) electrons. The van der Waals surface area contributed by atoms with E-state index in [1.807, 2.05) is 0 Å². The smallest absolute Gasteiger partial charge is 0.0702 e. The van der Waals surface area contributed by atoms with Crippen LogP contribution in [-0.4, -0.2) is 49.8 Å². The third kappa shape index (κ3) is 4.96. The van der Waals surface area contributed by atoms with Crippen molar-refractivity contribution in [2.45, 2.75) is 45.3 Å². The molecular weight excluding hydrogens is 188 g/mol. The summed E-state index contributed by atoms with van der Waals surface area (Å²) in [6.07, 6.45) is 2.92. The van der Waals surface area contributed by atoms with Crippen LogP contribution in [0.25, 0.3) is 0 Å². The zero-order valence-electron chi connectivity index (χ0n) is 10.7. The van der Waals surface area contributed by atoms with Gasteiger partial charge in [-0.3, -0.25) is 0 Å². The molecule has 0 aliphatic carbocycles. The fraction of sp³-hybridized carbons (Fsp3) is 1.00. The maximum Gasteiger partial charge on any atom is 0.0702 e. The normalized spacial score (nSPS) is 22.6. The number of hydrogen-bond donors (Lipinski definition) is 1. The molecule has 0 saturated carbocycles. The van der Waals surface area contributed by atoms with E-state index in [0.717, 1.165) is 26.2 Å². The van der Waals surface area contributed by atoms with Crippen LogP contribution in [0.5, 0.6) is 0 Å². The fourth-order valence-electron chi connectivity index (χ4n) is 2.41. The van der Waals surface area contributed by atoms with Gasteiger partial charge in [-0.1, -0.05) is 6.92 Å². The Labute approximate surface area is 94.2 Å². The number of hydrogen-bond acceptors (Lipinski definition) is 3. The first-order valence-electron chi connectivity index (χ1n) is 6.08. The van der Waals surface area contributed by atoms with Gasteiger partial charge in [0.1, 0.15) is 0 Å². The van der Waals surface area contributed by atoms with Crippen molar-refractivity contribution >= 4 is 0 Å². The standard InChI is InChI=1S/C12H26N2O/c1-5-13-12(2,3)10-14(4)9-11-7-6-8-15-11/h11,13H,5-10H2,1-4H3. The zero-order valence-corrected chi connectivity index (χ0v) is 10.7. The highest BCUT2D eigenvalue weighted by Gasteiger charge is 2.22. The number of rotatable bonds is 6. The summed E-state index contributed by atoms with van der Waals surface area (Å²) in [4.78, 5) is 2.37. The maximum atomic E-state index is 5.64. The molecule has 0 spiro atoms. The Morgan fingerprint density at radius 1 is 1.47 bits per heavy atom. The van der Waals surface area contributed by atoms with E-state index < -0.39 is 0 Å². The molecule has 1 rings (SSSR count). The minimum Gasteiger partial charge on any atom is -0.377 e. The summed E-state index contributed by atoms with van der Waals surface area (Å²) >= 11 is 0. The van der Waals surface area contributed by atoms with Gasteiger partial charge in [0.25, 0.3) is 0 Å². The van der Waals surface area contributed by atoms with Crippen molar-refractivity contribution in [2.24, 2.45) is 0 Å². The quantitative estimate of drug-likeness (QED) is 0.725. The fourth-order valence-corrected chi connectivity index (χ4v) is 2.41. The molecule has 1 aliphatic heterocycles. The molecule has 3 nitrogen and oxygen atoms in total. The van der Waals surface area contributed by atoms with Gasteiger partial charge in [-0.05, 0) is 40.3 Å². The van der Waals surface area contributed by atoms with Crippen LogP contribution in [0.4, 0.5) is 0 Å². The van der Waals surface area contributed by atoms with Gasteiger partial charge >= 0.3 is 0 Å². The van der Waals surface area contributed by atoms with Crippen LogP contribution in [0.15, 0.2) is 0 Å². The SMILES string of the molecule is CCNC(C)(C)CN(C)CC1CCCO1. The highest BCUT2D eigenvalue weighted by Crippen LogP contribution is 2.14. The lowest BCUT2D eigenvalue weighted by Gasteiger charge is -2.32. The van der Waals surface area contributed by atoms with Crippen LogP contribution in [-0.2, 0) is 4.74 Å². The van der Waals surface area contributed by atoms with E-state index in [2.05, 4.69) is 38.0 Å². The Morgan fingerprint density at radius 3 is 2.73 bits per heavy atom. The summed E-state index contributed by atoms with van der Waals surface area (Å²) in [5, 5.41) is 3.50. The third-order valence-corrected chi connectivity index (χ3v) is 2.86. The molecule has 0 amide bonds. The number of likely N-dealkylation sites (N-methyl/N-ethyl adjacent to an activating group) is 2. The van der Waals surface area contributed by atoms with Gasteiger partial charge in [-0.15, -0.1) is 0 Å². The molecule has 1 N–H and O–H groups in total. The van der Waals surface area contributed by atoms with Crippen molar-refractivity contribution in [2.75, 3.05) is 33.3 Å². The molecule has 0 aromatic carbocycles. The van der Waals surface area contributed by atoms with Crippen molar-refractivity contribution in [3.8, 4) is 0 Å². The largest absolute Gasteiger partial charge is 0.377 e. The Morgan fingerprint density at radius 2 is 2.20 bits per heavy atom. The van der Waals surface area contributed by atoms with Crippen LogP contribution in [0.1, 0.15) is 33.6 Å². The molecule has 1 fully saturated rings. The topological polar surface area (TPSA) is 24.5 Å². The van der Waals surface area contributed by atoms with Gasteiger partial charge in [0, 0.05) is 25.2 Å². The summed E-state index contributed by atoms with van der Waals surface area (Å²) in [5.74, 6) is 0. The van der Waals surface area contributed by atoms with Crippen molar-refractivity contribution in [3.05, 3.63) is 0 Å². The van der Waals surface area contributed by atoms with Crippen LogP contribution in [0.2, 0.25) is 0 Å². The number of nitrogens with zero attached hydrogens (tertiary/aromatic N) is 1. The molecule has 1 heterocycles. The second-order valence-corrected chi connectivity index (χ2v) is 5.25. The van der Waals surface area contributed by atoms with Crippen LogP contribution in [0, 0.1) is 0 Å². The van der Waals surface area contributed by atoms with Crippen molar-refractivity contribution in [3.63, 3.8) is 0 Å². The van der Waals surface area contributed by atoms with Crippen molar-refractivity contribution in [1.29, 1.82) is 0 Å². The Kier molecular flexibility index (Phi) is 5.03. The predicted molar refractivity (Wildman–Crippen MR) is 64.2 cm³/mol. The molecule has 1 aliphatic rings. The van der Waals surface area contributed by atoms with E-state index in [0.29, 0.717) is 6.10 Å². The van der Waals surface area contributed by atoms with E-state index in [-0.39, 0.29) is 5.54 Å². The van der Waals surface area contributed by atoms with Crippen LogP contribution >= 0.6 is 0 Å². The number of ether oxygens (including phenoxy) is 1. The van der Waals surface area contributed by atoms with Crippen LogP contribution < -0.4 is 5.32 Å². The second kappa shape index (κ2) is 5.83. The lowest BCUT2D eigenvalue weighted by molar-refractivity contribution is 0.0740. The van der Waals surface area contributed by atoms with Gasteiger partial charge in [0.05, 0.1) is 6.10 Å². The summed E-state index contributed by atoms with van der Waals surface area (Å²) in [5.41, 5.74) is 0.197. The average molecular weight is 214 g/mol. The number of nitrogens with one attached hydrogen (secondary N) is 1. The molecule has 3 heteroatoms. The Bertz CT molecular complexity index is 176. The molecular formula is C12H26N2O. The third-order valence-electron chi connectivity index (χ3n) is 2.86. The molecule has 1 atom stereocenters. The van der Waals surface area contributed by atoms with E-state index in [9.17, 15) is 0 Å². The molecule has 0 bridgehead atoms. The van der Waals surface area contributed by atoms with Crippen molar-refractivity contribution < 1.29 is 4.74 Å².